The fourth-order valence-corrected chi connectivity index (χ4v) is 2.07. The summed E-state index contributed by atoms with van der Waals surface area (Å²) in [6.07, 6.45) is 0.878. The molecular weight excluding hydrogens is 214 g/mol. The maximum Gasteiger partial charge on any atom is 0.321 e. The van der Waals surface area contributed by atoms with Crippen molar-refractivity contribution in [2.24, 2.45) is 11.7 Å². The molecule has 2 amide bonds. The maximum absolute atomic E-state index is 12.0. The number of hydrogen-bond acceptors (Lipinski definition) is 2. The van der Waals surface area contributed by atoms with Crippen molar-refractivity contribution in [1.82, 2.24) is 4.90 Å². The number of hydrogen-bond donors (Lipinski definition) is 2. The largest absolute Gasteiger partial charge is 0.327 e. The van der Waals surface area contributed by atoms with Crippen LogP contribution in [0.15, 0.2) is 30.3 Å². The molecule has 1 fully saturated rings. The van der Waals surface area contributed by atoms with Gasteiger partial charge in [-0.2, -0.15) is 0 Å². The van der Waals surface area contributed by atoms with E-state index in [-0.39, 0.29) is 12.1 Å². The second-order valence-electron chi connectivity index (χ2n) is 4.67. The molecule has 2 atom stereocenters. The highest BCUT2D eigenvalue weighted by molar-refractivity contribution is 5.89. The summed E-state index contributed by atoms with van der Waals surface area (Å²) in [7, 11) is 0. The lowest BCUT2D eigenvalue weighted by Gasteiger charge is -2.35. The molecular formula is C13H19N3O. The van der Waals surface area contributed by atoms with Crippen LogP contribution in [0.5, 0.6) is 0 Å². The van der Waals surface area contributed by atoms with E-state index in [4.69, 9.17) is 5.73 Å². The van der Waals surface area contributed by atoms with Gasteiger partial charge in [0.2, 0.25) is 0 Å². The van der Waals surface area contributed by atoms with Gasteiger partial charge in [0.1, 0.15) is 0 Å². The molecule has 1 aromatic rings. The van der Waals surface area contributed by atoms with E-state index in [9.17, 15) is 4.79 Å². The van der Waals surface area contributed by atoms with E-state index in [0.29, 0.717) is 5.92 Å². The van der Waals surface area contributed by atoms with Gasteiger partial charge >= 0.3 is 6.03 Å². The monoisotopic (exact) mass is 233 g/mol. The topological polar surface area (TPSA) is 58.4 Å². The van der Waals surface area contributed by atoms with E-state index in [1.54, 1.807) is 0 Å². The van der Waals surface area contributed by atoms with E-state index >= 15 is 0 Å². The Morgan fingerprint density at radius 2 is 2.12 bits per heavy atom. The quantitative estimate of drug-likeness (QED) is 0.778. The smallest absolute Gasteiger partial charge is 0.321 e. The third-order valence-electron chi connectivity index (χ3n) is 3.28. The molecule has 0 radical (unpaired) electrons. The van der Waals surface area contributed by atoms with Gasteiger partial charge in [0.25, 0.3) is 0 Å². The molecule has 0 aromatic heterocycles. The van der Waals surface area contributed by atoms with Crippen LogP contribution in [0.1, 0.15) is 13.3 Å². The second-order valence-corrected chi connectivity index (χ2v) is 4.67. The minimum Gasteiger partial charge on any atom is -0.327 e. The minimum absolute atomic E-state index is 0.0325. The first-order chi connectivity index (χ1) is 8.16. The van der Waals surface area contributed by atoms with Crippen molar-refractivity contribution in [3.8, 4) is 0 Å². The van der Waals surface area contributed by atoms with Crippen LogP contribution in [-0.2, 0) is 0 Å². The molecule has 17 heavy (non-hydrogen) atoms. The number of nitrogens with two attached hydrogens (primary N) is 1. The third-order valence-corrected chi connectivity index (χ3v) is 3.28. The maximum atomic E-state index is 12.0. The predicted octanol–water partition coefficient (Wildman–Crippen LogP) is 1.89. The minimum atomic E-state index is -0.0325. The summed E-state index contributed by atoms with van der Waals surface area (Å²) in [6, 6.07) is 9.70. The van der Waals surface area contributed by atoms with E-state index in [1.165, 1.54) is 0 Å². The van der Waals surface area contributed by atoms with Gasteiger partial charge in [-0.1, -0.05) is 25.1 Å². The van der Waals surface area contributed by atoms with Crippen molar-refractivity contribution >= 4 is 11.7 Å². The highest BCUT2D eigenvalue weighted by Crippen LogP contribution is 2.16. The standard InChI is InChI=1S/C13H19N3O/c1-10-9-16(8-7-12(10)14)13(17)15-11-5-3-2-4-6-11/h2-6,10,12H,7-9,14H2,1H3,(H,15,17). The predicted molar refractivity (Wildman–Crippen MR) is 68.8 cm³/mol. The van der Waals surface area contributed by atoms with Gasteiger partial charge in [0.05, 0.1) is 0 Å². The lowest BCUT2D eigenvalue weighted by Crippen LogP contribution is -2.49. The molecule has 1 aromatic carbocycles. The van der Waals surface area contributed by atoms with E-state index in [2.05, 4.69) is 12.2 Å². The van der Waals surface area contributed by atoms with Gasteiger partial charge in [-0.3, -0.25) is 0 Å². The Kier molecular flexibility index (Phi) is 3.64. The van der Waals surface area contributed by atoms with E-state index in [1.807, 2.05) is 35.2 Å². The first kappa shape index (κ1) is 11.9. The van der Waals surface area contributed by atoms with Gasteiger partial charge < -0.3 is 16.0 Å². The third kappa shape index (κ3) is 2.97. The van der Waals surface area contributed by atoms with Crippen LogP contribution in [0, 0.1) is 5.92 Å². The van der Waals surface area contributed by atoms with Crippen LogP contribution < -0.4 is 11.1 Å². The summed E-state index contributed by atoms with van der Waals surface area (Å²) >= 11 is 0. The van der Waals surface area contributed by atoms with Crippen molar-refractivity contribution in [3.05, 3.63) is 30.3 Å². The summed E-state index contributed by atoms with van der Waals surface area (Å²) in [4.78, 5) is 13.8. The number of nitrogens with one attached hydrogen (secondary N) is 1. The molecule has 0 spiro atoms. The number of nitrogens with zero attached hydrogens (tertiary/aromatic N) is 1. The zero-order chi connectivity index (χ0) is 12.3. The van der Waals surface area contributed by atoms with Crippen LogP contribution in [-0.4, -0.2) is 30.1 Å². The van der Waals surface area contributed by atoms with Crippen LogP contribution in [0.25, 0.3) is 0 Å². The lowest BCUT2D eigenvalue weighted by atomic mass is 9.95. The van der Waals surface area contributed by atoms with E-state index in [0.717, 1.165) is 25.2 Å². The molecule has 1 aliphatic rings. The molecule has 2 rings (SSSR count). The number of piperidine rings is 1. The lowest BCUT2D eigenvalue weighted by molar-refractivity contribution is 0.172. The normalized spacial score (nSPS) is 24.5. The molecule has 4 nitrogen and oxygen atoms in total. The van der Waals surface area contributed by atoms with Gasteiger partial charge in [0, 0.05) is 24.8 Å². The molecule has 0 saturated carbocycles. The molecule has 0 bridgehead atoms. The number of likely N-dealkylation sites (tertiary alicyclic amines) is 1. The molecule has 0 aliphatic carbocycles. The van der Waals surface area contributed by atoms with Gasteiger partial charge in [-0.15, -0.1) is 0 Å². The fourth-order valence-electron chi connectivity index (χ4n) is 2.07. The Labute approximate surface area is 102 Å². The van der Waals surface area contributed by atoms with Gasteiger partial charge in [-0.25, -0.2) is 4.79 Å². The fraction of sp³-hybridized carbons (Fsp3) is 0.462. The summed E-state index contributed by atoms with van der Waals surface area (Å²) in [5.41, 5.74) is 6.77. The Morgan fingerprint density at radius 1 is 1.41 bits per heavy atom. The second kappa shape index (κ2) is 5.19. The number of benzene rings is 1. The highest BCUT2D eigenvalue weighted by atomic mass is 16.2. The Balaban J connectivity index is 1.93. The van der Waals surface area contributed by atoms with Gasteiger partial charge in [0.15, 0.2) is 0 Å². The molecule has 1 heterocycles. The van der Waals surface area contributed by atoms with Crippen molar-refractivity contribution < 1.29 is 4.79 Å². The van der Waals surface area contributed by atoms with Crippen molar-refractivity contribution in [3.63, 3.8) is 0 Å². The van der Waals surface area contributed by atoms with Crippen LogP contribution in [0.4, 0.5) is 10.5 Å². The SMILES string of the molecule is CC1CN(C(=O)Nc2ccccc2)CCC1N. The molecule has 4 heteroatoms. The Morgan fingerprint density at radius 3 is 2.76 bits per heavy atom. The Hall–Kier alpha value is -1.55. The first-order valence-electron chi connectivity index (χ1n) is 6.03. The van der Waals surface area contributed by atoms with E-state index < -0.39 is 0 Å². The zero-order valence-corrected chi connectivity index (χ0v) is 10.1. The highest BCUT2D eigenvalue weighted by Gasteiger charge is 2.26. The molecule has 1 aliphatic heterocycles. The van der Waals surface area contributed by atoms with Crippen molar-refractivity contribution in [1.29, 1.82) is 0 Å². The summed E-state index contributed by atoms with van der Waals surface area (Å²) in [6.45, 7) is 3.57. The van der Waals surface area contributed by atoms with Crippen LogP contribution in [0.3, 0.4) is 0 Å². The number of rotatable bonds is 1. The zero-order valence-electron chi connectivity index (χ0n) is 10.1. The summed E-state index contributed by atoms with van der Waals surface area (Å²) in [5.74, 6) is 0.366. The van der Waals surface area contributed by atoms with Crippen LogP contribution in [0.2, 0.25) is 0 Å². The molecule has 2 unspecified atom stereocenters. The Bertz CT molecular complexity index is 380. The van der Waals surface area contributed by atoms with Crippen molar-refractivity contribution in [2.45, 2.75) is 19.4 Å². The number of urea groups is 1. The number of para-hydroxylation sites is 1. The average Bonchev–Trinajstić information content (AvgIpc) is 2.34. The van der Waals surface area contributed by atoms with Crippen LogP contribution >= 0.6 is 0 Å². The summed E-state index contributed by atoms with van der Waals surface area (Å²) < 4.78 is 0. The molecule has 3 N–H and O–H groups in total. The van der Waals surface area contributed by atoms with Gasteiger partial charge in [-0.05, 0) is 24.5 Å². The number of amides is 2. The van der Waals surface area contributed by atoms with Crippen molar-refractivity contribution in [2.75, 3.05) is 18.4 Å². The molecule has 92 valence electrons. The molecule has 1 saturated heterocycles. The first-order valence-corrected chi connectivity index (χ1v) is 6.03. The average molecular weight is 233 g/mol. The number of carbonyl (C=O) groups excluding carboxylic acids is 1. The number of carbonyl (C=O) groups is 1. The number of anilines is 1. The summed E-state index contributed by atoms with van der Waals surface area (Å²) in [5, 5.41) is 2.89.